The molecule has 182 valence electrons. The number of methoxy groups -OCH3 is 1. The second kappa shape index (κ2) is 8.35. The Balaban J connectivity index is 1.58. The fourth-order valence-corrected chi connectivity index (χ4v) is 5.81. The zero-order valence-corrected chi connectivity index (χ0v) is 20.3. The molecule has 3 N–H and O–H groups in total. The minimum absolute atomic E-state index is 0.00853. The van der Waals surface area contributed by atoms with Gasteiger partial charge in [-0.2, -0.15) is 0 Å². The monoisotopic (exact) mass is 476 g/mol. The summed E-state index contributed by atoms with van der Waals surface area (Å²) in [4.78, 5) is 43.9. The number of ketones is 1. The minimum atomic E-state index is -0.622. The SMILES string of the molecule is COc1cc2cc(C(=O)[N+]3(C(C)C)N=CC4=C3C(=O)CC3(CCNCC3)C4)cnc2cc1C(N)=O. The number of ether oxygens (including phenoxy) is 1. The quantitative estimate of drug-likeness (QED) is 0.654. The Labute approximate surface area is 203 Å². The summed E-state index contributed by atoms with van der Waals surface area (Å²) < 4.78 is 4.93. The van der Waals surface area contributed by atoms with Gasteiger partial charge in [-0.3, -0.25) is 14.6 Å². The highest BCUT2D eigenvalue weighted by atomic mass is 16.5. The lowest BCUT2D eigenvalue weighted by atomic mass is 9.67. The fourth-order valence-electron chi connectivity index (χ4n) is 5.81. The van der Waals surface area contributed by atoms with E-state index in [0.29, 0.717) is 34.3 Å². The molecule has 3 heterocycles. The predicted octanol–water partition coefficient (Wildman–Crippen LogP) is 2.69. The number of allylic oxidation sites excluding steroid dienone is 2. The molecule has 1 aromatic heterocycles. The Morgan fingerprint density at radius 1 is 1.17 bits per heavy atom. The Hall–Kier alpha value is -3.43. The van der Waals surface area contributed by atoms with Gasteiger partial charge in [0.25, 0.3) is 5.91 Å². The number of primary amides is 1. The van der Waals surface area contributed by atoms with E-state index < -0.39 is 5.91 Å². The molecule has 1 aliphatic carbocycles. The van der Waals surface area contributed by atoms with Gasteiger partial charge in [-0.25, -0.2) is 4.79 Å². The number of hydrogen-bond donors (Lipinski definition) is 2. The summed E-state index contributed by atoms with van der Waals surface area (Å²) >= 11 is 0. The highest BCUT2D eigenvalue weighted by Gasteiger charge is 2.57. The van der Waals surface area contributed by atoms with Crippen molar-refractivity contribution in [2.75, 3.05) is 20.2 Å². The van der Waals surface area contributed by atoms with E-state index in [1.165, 1.54) is 13.3 Å². The second-order valence-electron chi connectivity index (χ2n) is 10.1. The fraction of sp³-hybridized carbons (Fsp3) is 0.423. The third-order valence-electron chi connectivity index (χ3n) is 7.64. The molecule has 9 nitrogen and oxygen atoms in total. The molecule has 1 atom stereocenters. The molecule has 35 heavy (non-hydrogen) atoms. The summed E-state index contributed by atoms with van der Waals surface area (Å²) in [6, 6.07) is 4.62. The van der Waals surface area contributed by atoms with E-state index in [1.54, 1.807) is 24.4 Å². The van der Waals surface area contributed by atoms with Crippen molar-refractivity contribution in [1.82, 2.24) is 10.3 Å². The van der Waals surface area contributed by atoms with E-state index >= 15 is 0 Å². The molecule has 1 aromatic carbocycles. The van der Waals surface area contributed by atoms with Gasteiger partial charge in [0, 0.05) is 23.6 Å². The largest absolute Gasteiger partial charge is 0.496 e. The number of quaternary nitrogens is 1. The molecule has 2 aliphatic heterocycles. The number of amides is 2. The smallest absolute Gasteiger partial charge is 0.379 e. The summed E-state index contributed by atoms with van der Waals surface area (Å²) in [5.41, 5.74) is 7.85. The van der Waals surface area contributed by atoms with E-state index in [9.17, 15) is 14.4 Å². The summed E-state index contributed by atoms with van der Waals surface area (Å²) in [6.45, 7) is 5.62. The lowest BCUT2D eigenvalue weighted by Gasteiger charge is -2.41. The van der Waals surface area contributed by atoms with Crippen LogP contribution < -0.4 is 15.8 Å². The number of nitrogens with zero attached hydrogens (tertiary/aromatic N) is 3. The van der Waals surface area contributed by atoms with Crippen molar-refractivity contribution in [3.8, 4) is 5.75 Å². The highest BCUT2D eigenvalue weighted by molar-refractivity contribution is 6.07. The molecule has 1 fully saturated rings. The molecule has 5 rings (SSSR count). The molecule has 1 saturated heterocycles. The zero-order chi connectivity index (χ0) is 25.0. The molecule has 0 radical (unpaired) electrons. The van der Waals surface area contributed by atoms with Gasteiger partial charge in [0.1, 0.15) is 17.4 Å². The Kier molecular flexibility index (Phi) is 5.56. The van der Waals surface area contributed by atoms with E-state index in [1.807, 2.05) is 13.8 Å². The maximum Gasteiger partial charge on any atom is 0.379 e. The number of rotatable bonds is 4. The van der Waals surface area contributed by atoms with Crippen LogP contribution in [0, 0.1) is 5.41 Å². The van der Waals surface area contributed by atoms with E-state index in [2.05, 4.69) is 10.3 Å². The van der Waals surface area contributed by atoms with Crippen LogP contribution >= 0.6 is 0 Å². The molecule has 0 saturated carbocycles. The van der Waals surface area contributed by atoms with Crippen molar-refractivity contribution in [3.05, 3.63) is 46.8 Å². The van der Waals surface area contributed by atoms with Gasteiger partial charge in [-0.1, -0.05) is 9.69 Å². The van der Waals surface area contributed by atoms with Crippen LogP contribution in [0.4, 0.5) is 0 Å². The predicted molar refractivity (Wildman–Crippen MR) is 131 cm³/mol. The maximum atomic E-state index is 14.1. The molecule has 1 spiro atoms. The van der Waals surface area contributed by atoms with Crippen LogP contribution in [0.25, 0.3) is 10.9 Å². The third-order valence-corrected chi connectivity index (χ3v) is 7.64. The van der Waals surface area contributed by atoms with Crippen molar-refractivity contribution >= 4 is 34.7 Å². The van der Waals surface area contributed by atoms with Gasteiger partial charge in [0.2, 0.25) is 11.5 Å². The molecule has 2 amide bonds. The number of carbonyl (C=O) groups is 3. The number of fused-ring (bicyclic) bond motifs is 1. The van der Waals surface area contributed by atoms with Crippen molar-refractivity contribution in [2.45, 2.75) is 45.6 Å². The summed E-state index contributed by atoms with van der Waals surface area (Å²) in [7, 11) is 1.45. The van der Waals surface area contributed by atoms with Crippen LogP contribution in [-0.4, -0.2) is 59.6 Å². The Morgan fingerprint density at radius 3 is 2.57 bits per heavy atom. The van der Waals surface area contributed by atoms with Crippen LogP contribution in [0.5, 0.6) is 5.75 Å². The average molecular weight is 477 g/mol. The van der Waals surface area contributed by atoms with Crippen molar-refractivity contribution in [3.63, 3.8) is 0 Å². The molecule has 9 heteroatoms. The van der Waals surface area contributed by atoms with Crippen LogP contribution in [0.2, 0.25) is 0 Å². The third kappa shape index (κ3) is 3.57. The Bertz CT molecular complexity index is 1320. The normalized spacial score (nSPS) is 23.3. The van der Waals surface area contributed by atoms with Crippen molar-refractivity contribution < 1.29 is 23.7 Å². The van der Waals surface area contributed by atoms with E-state index in [4.69, 9.17) is 15.6 Å². The molecule has 0 bridgehead atoms. The van der Waals surface area contributed by atoms with Gasteiger partial charge in [-0.15, -0.1) is 0 Å². The number of nitrogens with two attached hydrogens (primary N) is 1. The van der Waals surface area contributed by atoms with E-state index in [0.717, 1.165) is 37.9 Å². The highest BCUT2D eigenvalue weighted by Crippen LogP contribution is 2.48. The number of benzene rings is 1. The number of pyridine rings is 1. The number of hydrogen-bond acceptors (Lipinski definition) is 7. The van der Waals surface area contributed by atoms with Crippen LogP contribution in [0.3, 0.4) is 0 Å². The lowest BCUT2D eigenvalue weighted by Crippen LogP contribution is -2.54. The van der Waals surface area contributed by atoms with Gasteiger partial charge < -0.3 is 15.8 Å². The molecule has 3 aliphatic rings. The first kappa shape index (κ1) is 23.3. The first-order valence-electron chi connectivity index (χ1n) is 12.0. The van der Waals surface area contributed by atoms with Gasteiger partial charge in [0.15, 0.2) is 0 Å². The number of aromatic nitrogens is 1. The zero-order valence-electron chi connectivity index (χ0n) is 20.3. The van der Waals surface area contributed by atoms with Crippen LogP contribution in [0.15, 0.2) is 40.8 Å². The second-order valence-corrected chi connectivity index (χ2v) is 10.1. The average Bonchev–Trinajstić information content (AvgIpc) is 3.23. The van der Waals surface area contributed by atoms with Crippen molar-refractivity contribution in [1.29, 1.82) is 0 Å². The molecule has 1 unspecified atom stereocenters. The number of carbonyl (C=O) groups excluding carboxylic acids is 3. The first-order valence-corrected chi connectivity index (χ1v) is 12.0. The summed E-state index contributed by atoms with van der Waals surface area (Å²) in [6.07, 6.45) is 6.32. The summed E-state index contributed by atoms with van der Waals surface area (Å²) in [5.74, 6) is -0.608. The van der Waals surface area contributed by atoms with Crippen LogP contribution in [0.1, 0.15) is 60.2 Å². The molecular weight excluding hydrogens is 446 g/mol. The van der Waals surface area contributed by atoms with Crippen LogP contribution in [-0.2, 0) is 4.79 Å². The summed E-state index contributed by atoms with van der Waals surface area (Å²) in [5, 5.41) is 8.71. The minimum Gasteiger partial charge on any atom is -0.496 e. The first-order chi connectivity index (χ1) is 16.7. The van der Waals surface area contributed by atoms with Crippen molar-refractivity contribution in [2.24, 2.45) is 16.3 Å². The van der Waals surface area contributed by atoms with Gasteiger partial charge in [0.05, 0.1) is 24.4 Å². The lowest BCUT2D eigenvalue weighted by molar-refractivity contribution is -0.833. The van der Waals surface area contributed by atoms with E-state index in [-0.39, 0.29) is 33.3 Å². The van der Waals surface area contributed by atoms with Gasteiger partial charge >= 0.3 is 5.91 Å². The Morgan fingerprint density at radius 2 is 1.91 bits per heavy atom. The standard InChI is InChI=1S/C26H29N5O4/c1-15(2)31(23-18(14-30-31)11-26(12-21(23)32)4-6-28-7-5-26)25(34)17-8-16-9-22(35-3)19(24(27)33)10-20(16)29-13-17/h8-10,13-15,28H,4-7,11-12H2,1-3H3,(H-,27,33)/p+1. The number of piperidine rings is 1. The maximum absolute atomic E-state index is 14.1. The molecule has 2 aromatic rings. The topological polar surface area (TPSA) is 124 Å². The number of Topliss-reactive ketones (excluding diaryl/α,β-unsaturated/α-hetero) is 1. The molecular formula is C26H30N5O4+. The van der Waals surface area contributed by atoms with Gasteiger partial charge in [-0.05, 0) is 69.8 Å². The number of nitrogens with one attached hydrogen (secondary N) is 1.